The standard InChI is InChI=1S/C20H23F2N3O2/c1-13-3-2-7-25(10-13)20(26)19-23-17-12-24(8-6-18(17)27-19)11-14-9-15(21)4-5-16(14)22/h4-5,9,13H,2-3,6-8,10-12H2,1H3/t13-/m1/s1. The first-order valence-electron chi connectivity index (χ1n) is 9.43. The second kappa shape index (κ2) is 7.38. The molecule has 0 bridgehead atoms. The summed E-state index contributed by atoms with van der Waals surface area (Å²) >= 11 is 0. The average Bonchev–Trinajstić information content (AvgIpc) is 3.07. The van der Waals surface area contributed by atoms with Crippen LogP contribution in [0.3, 0.4) is 0 Å². The van der Waals surface area contributed by atoms with Crippen LogP contribution in [0.2, 0.25) is 0 Å². The van der Waals surface area contributed by atoms with Gasteiger partial charge < -0.3 is 9.32 Å². The van der Waals surface area contributed by atoms with Gasteiger partial charge in [-0.2, -0.15) is 0 Å². The van der Waals surface area contributed by atoms with E-state index in [0.29, 0.717) is 43.2 Å². The number of halogens is 2. The number of rotatable bonds is 3. The van der Waals surface area contributed by atoms with E-state index in [1.165, 1.54) is 6.07 Å². The lowest BCUT2D eigenvalue weighted by molar-refractivity contribution is 0.0640. The second-order valence-electron chi connectivity index (χ2n) is 7.58. The molecule has 1 amide bonds. The topological polar surface area (TPSA) is 49.6 Å². The zero-order chi connectivity index (χ0) is 19.0. The van der Waals surface area contributed by atoms with Gasteiger partial charge in [-0.05, 0) is 37.0 Å². The number of fused-ring (bicyclic) bond motifs is 1. The van der Waals surface area contributed by atoms with E-state index >= 15 is 0 Å². The largest absolute Gasteiger partial charge is 0.437 e. The Balaban J connectivity index is 1.46. The van der Waals surface area contributed by atoms with Crippen LogP contribution in [-0.2, 0) is 19.5 Å². The molecule has 0 saturated carbocycles. The SMILES string of the molecule is C[C@@H]1CCCN(C(=O)c2nc3c(o2)CCN(Cc2cc(F)ccc2F)C3)C1. The van der Waals surface area contributed by atoms with E-state index in [2.05, 4.69) is 11.9 Å². The van der Waals surface area contributed by atoms with Crippen molar-refractivity contribution in [1.29, 1.82) is 0 Å². The molecule has 0 N–H and O–H groups in total. The number of nitrogens with zero attached hydrogens (tertiary/aromatic N) is 3. The molecule has 3 heterocycles. The van der Waals surface area contributed by atoms with Gasteiger partial charge in [0, 0.05) is 44.7 Å². The molecular weight excluding hydrogens is 352 g/mol. The molecule has 5 nitrogen and oxygen atoms in total. The number of carbonyl (C=O) groups excluding carboxylic acids is 1. The van der Waals surface area contributed by atoms with Crippen LogP contribution in [0.1, 0.15) is 47.5 Å². The quantitative estimate of drug-likeness (QED) is 0.825. The van der Waals surface area contributed by atoms with Crippen molar-refractivity contribution in [2.45, 2.75) is 39.3 Å². The highest BCUT2D eigenvalue weighted by molar-refractivity contribution is 5.89. The third-order valence-electron chi connectivity index (χ3n) is 5.34. The van der Waals surface area contributed by atoms with Gasteiger partial charge in [-0.3, -0.25) is 9.69 Å². The van der Waals surface area contributed by atoms with Gasteiger partial charge in [0.05, 0.1) is 5.69 Å². The van der Waals surface area contributed by atoms with E-state index in [1.54, 1.807) is 0 Å². The third kappa shape index (κ3) is 3.88. The summed E-state index contributed by atoms with van der Waals surface area (Å²) in [4.78, 5) is 20.9. The molecule has 1 aromatic heterocycles. The molecule has 4 rings (SSSR count). The number of amides is 1. The number of oxazole rings is 1. The predicted molar refractivity (Wildman–Crippen MR) is 95.0 cm³/mol. The smallest absolute Gasteiger partial charge is 0.309 e. The van der Waals surface area contributed by atoms with Crippen LogP contribution in [-0.4, -0.2) is 40.3 Å². The van der Waals surface area contributed by atoms with Crippen molar-refractivity contribution >= 4 is 5.91 Å². The summed E-state index contributed by atoms with van der Waals surface area (Å²) in [6.45, 7) is 5.01. The Bertz CT molecular complexity index is 852. The summed E-state index contributed by atoms with van der Waals surface area (Å²) in [5, 5.41) is 0. The Labute approximate surface area is 157 Å². The average molecular weight is 375 g/mol. The summed E-state index contributed by atoms with van der Waals surface area (Å²) in [7, 11) is 0. The van der Waals surface area contributed by atoms with E-state index in [4.69, 9.17) is 4.42 Å². The molecule has 1 atom stereocenters. The number of piperidine rings is 1. The van der Waals surface area contributed by atoms with Gasteiger partial charge >= 0.3 is 5.91 Å². The van der Waals surface area contributed by atoms with Gasteiger partial charge in [0.2, 0.25) is 0 Å². The van der Waals surface area contributed by atoms with E-state index < -0.39 is 11.6 Å². The molecule has 1 saturated heterocycles. The van der Waals surface area contributed by atoms with Crippen LogP contribution < -0.4 is 0 Å². The monoisotopic (exact) mass is 375 g/mol. The minimum Gasteiger partial charge on any atom is -0.437 e. The molecule has 7 heteroatoms. The molecule has 1 fully saturated rings. The summed E-state index contributed by atoms with van der Waals surface area (Å²) in [5.74, 6) is 0.335. The Morgan fingerprint density at radius 3 is 3.00 bits per heavy atom. The van der Waals surface area contributed by atoms with Crippen molar-refractivity contribution < 1.29 is 18.0 Å². The van der Waals surface area contributed by atoms with E-state index in [1.807, 2.05) is 9.80 Å². The van der Waals surface area contributed by atoms with E-state index in [0.717, 1.165) is 43.8 Å². The number of benzene rings is 1. The number of carbonyl (C=O) groups is 1. The lowest BCUT2D eigenvalue weighted by atomic mass is 10.0. The van der Waals surface area contributed by atoms with Crippen molar-refractivity contribution in [3.63, 3.8) is 0 Å². The van der Waals surface area contributed by atoms with Crippen LogP contribution in [0.5, 0.6) is 0 Å². The van der Waals surface area contributed by atoms with Crippen LogP contribution >= 0.6 is 0 Å². The maximum absolute atomic E-state index is 13.9. The van der Waals surface area contributed by atoms with Gasteiger partial charge in [0.1, 0.15) is 17.4 Å². The van der Waals surface area contributed by atoms with Crippen LogP contribution in [0.25, 0.3) is 0 Å². The summed E-state index contributed by atoms with van der Waals surface area (Å²) in [6, 6.07) is 3.48. The fourth-order valence-corrected chi connectivity index (χ4v) is 3.89. The van der Waals surface area contributed by atoms with Gasteiger partial charge in [-0.1, -0.05) is 6.92 Å². The molecule has 0 spiro atoms. The Morgan fingerprint density at radius 1 is 1.33 bits per heavy atom. The first-order chi connectivity index (χ1) is 13.0. The molecule has 0 radical (unpaired) electrons. The molecule has 27 heavy (non-hydrogen) atoms. The Hall–Kier alpha value is -2.28. The number of hydrogen-bond acceptors (Lipinski definition) is 4. The van der Waals surface area contributed by atoms with Crippen LogP contribution in [0.15, 0.2) is 22.6 Å². The third-order valence-corrected chi connectivity index (χ3v) is 5.34. The van der Waals surface area contributed by atoms with Crippen LogP contribution in [0.4, 0.5) is 8.78 Å². The maximum atomic E-state index is 13.9. The number of aromatic nitrogens is 1. The highest BCUT2D eigenvalue weighted by Crippen LogP contribution is 2.24. The molecule has 0 unspecified atom stereocenters. The van der Waals surface area contributed by atoms with Gasteiger partial charge in [0.25, 0.3) is 5.89 Å². The fraction of sp³-hybridized carbons (Fsp3) is 0.500. The molecule has 0 aliphatic carbocycles. The maximum Gasteiger partial charge on any atom is 0.309 e. The summed E-state index contributed by atoms with van der Waals surface area (Å²) < 4.78 is 33.0. The van der Waals surface area contributed by atoms with Crippen molar-refractivity contribution in [3.8, 4) is 0 Å². The van der Waals surface area contributed by atoms with Crippen molar-refractivity contribution in [2.75, 3.05) is 19.6 Å². The van der Waals surface area contributed by atoms with Gasteiger partial charge in [-0.25, -0.2) is 13.8 Å². The predicted octanol–water partition coefficient (Wildman–Crippen LogP) is 3.38. The van der Waals surface area contributed by atoms with Crippen molar-refractivity contribution in [3.05, 3.63) is 52.7 Å². The minimum absolute atomic E-state index is 0.146. The van der Waals surface area contributed by atoms with E-state index in [-0.39, 0.29) is 11.8 Å². The lowest BCUT2D eigenvalue weighted by Gasteiger charge is -2.29. The van der Waals surface area contributed by atoms with Gasteiger partial charge in [-0.15, -0.1) is 0 Å². The van der Waals surface area contributed by atoms with Crippen LogP contribution in [0, 0.1) is 17.6 Å². The molecule has 2 aliphatic heterocycles. The van der Waals surface area contributed by atoms with Gasteiger partial charge in [0.15, 0.2) is 0 Å². The Morgan fingerprint density at radius 2 is 2.19 bits per heavy atom. The molecule has 2 aliphatic rings. The molecular formula is C20H23F2N3O2. The molecule has 2 aromatic rings. The number of hydrogen-bond donors (Lipinski definition) is 0. The normalized spacial score (nSPS) is 20.6. The highest BCUT2D eigenvalue weighted by Gasteiger charge is 2.29. The first kappa shape index (κ1) is 18.1. The molecule has 1 aromatic carbocycles. The molecule has 144 valence electrons. The lowest BCUT2D eigenvalue weighted by Crippen LogP contribution is -2.39. The van der Waals surface area contributed by atoms with E-state index in [9.17, 15) is 13.6 Å². The Kier molecular flexibility index (Phi) is 4.95. The summed E-state index contributed by atoms with van der Waals surface area (Å²) in [5.41, 5.74) is 1.03. The zero-order valence-corrected chi connectivity index (χ0v) is 15.4. The second-order valence-corrected chi connectivity index (χ2v) is 7.58. The summed E-state index contributed by atoms with van der Waals surface area (Å²) in [6.07, 6.45) is 2.74. The minimum atomic E-state index is -0.450. The fourth-order valence-electron chi connectivity index (χ4n) is 3.89. The highest BCUT2D eigenvalue weighted by atomic mass is 19.1. The zero-order valence-electron chi connectivity index (χ0n) is 15.4. The van der Waals surface area contributed by atoms with Crippen molar-refractivity contribution in [2.24, 2.45) is 5.92 Å². The van der Waals surface area contributed by atoms with Crippen molar-refractivity contribution in [1.82, 2.24) is 14.8 Å². The number of likely N-dealkylation sites (tertiary alicyclic amines) is 1. The first-order valence-corrected chi connectivity index (χ1v) is 9.43.